The Hall–Kier alpha value is -1.66. The number of nitrogens with one attached hydrogen (secondary N) is 2. The largest absolute Gasteiger partial charge is 0.337 e. The van der Waals surface area contributed by atoms with Crippen LogP contribution in [0.25, 0.3) is 0 Å². The van der Waals surface area contributed by atoms with Gasteiger partial charge in [0.05, 0.1) is 6.54 Å². The minimum atomic E-state index is 0.538. The second kappa shape index (κ2) is 5.52. The topological polar surface area (TPSA) is 61.8 Å². The molecule has 0 bridgehead atoms. The van der Waals surface area contributed by atoms with Crippen LogP contribution in [0.5, 0.6) is 0 Å². The van der Waals surface area contributed by atoms with Gasteiger partial charge in [-0.2, -0.15) is 5.10 Å². The Morgan fingerprint density at radius 1 is 1.32 bits per heavy atom. The quantitative estimate of drug-likeness (QED) is 0.873. The van der Waals surface area contributed by atoms with Crippen molar-refractivity contribution >= 4 is 0 Å². The maximum absolute atomic E-state index is 4.51. The fourth-order valence-electron chi connectivity index (χ4n) is 3.90. The van der Waals surface area contributed by atoms with E-state index in [1.54, 1.807) is 0 Å². The normalized spacial score (nSPS) is 23.3. The average Bonchev–Trinajstić information content (AvgIpc) is 2.90. The van der Waals surface area contributed by atoms with Crippen molar-refractivity contribution < 1.29 is 0 Å². The SMILES string of the molecule is Cn1ccnc1CN(Cc1ccn[nH]1)[C@@H]1CC12CCNCC2. The third-order valence-corrected chi connectivity index (χ3v) is 5.38. The van der Waals surface area contributed by atoms with Gasteiger partial charge in [0.1, 0.15) is 5.82 Å². The van der Waals surface area contributed by atoms with Gasteiger partial charge >= 0.3 is 0 Å². The van der Waals surface area contributed by atoms with Crippen LogP contribution in [-0.2, 0) is 20.1 Å². The lowest BCUT2D eigenvalue weighted by molar-refractivity contribution is 0.181. The van der Waals surface area contributed by atoms with Crippen molar-refractivity contribution in [2.45, 2.75) is 38.4 Å². The summed E-state index contributed by atoms with van der Waals surface area (Å²) in [5.41, 5.74) is 1.72. The smallest absolute Gasteiger partial charge is 0.122 e. The highest BCUT2D eigenvalue weighted by atomic mass is 15.3. The molecule has 118 valence electrons. The molecule has 22 heavy (non-hydrogen) atoms. The van der Waals surface area contributed by atoms with Crippen molar-refractivity contribution in [1.82, 2.24) is 30.0 Å². The highest BCUT2D eigenvalue weighted by molar-refractivity contribution is 5.12. The van der Waals surface area contributed by atoms with Crippen LogP contribution in [0.2, 0.25) is 0 Å². The van der Waals surface area contributed by atoms with E-state index in [1.165, 1.54) is 25.0 Å². The molecule has 1 atom stereocenters. The average molecular weight is 300 g/mol. The summed E-state index contributed by atoms with van der Waals surface area (Å²) in [5, 5.41) is 10.7. The number of imidazole rings is 1. The maximum atomic E-state index is 4.51. The number of aromatic nitrogens is 4. The number of hydrogen-bond acceptors (Lipinski definition) is 4. The van der Waals surface area contributed by atoms with Crippen molar-refractivity contribution in [3.05, 3.63) is 36.2 Å². The summed E-state index contributed by atoms with van der Waals surface area (Å²) < 4.78 is 2.12. The molecule has 1 aliphatic heterocycles. The predicted octanol–water partition coefficient (Wildman–Crippen LogP) is 1.29. The number of aryl methyl sites for hydroxylation is 1. The molecule has 0 unspecified atom stereocenters. The minimum Gasteiger partial charge on any atom is -0.337 e. The van der Waals surface area contributed by atoms with Gasteiger partial charge in [-0.15, -0.1) is 0 Å². The van der Waals surface area contributed by atoms with Crippen LogP contribution in [0.4, 0.5) is 0 Å². The van der Waals surface area contributed by atoms with Crippen LogP contribution in [0.15, 0.2) is 24.7 Å². The molecule has 1 spiro atoms. The molecule has 2 N–H and O–H groups in total. The first-order valence-corrected chi connectivity index (χ1v) is 8.16. The lowest BCUT2D eigenvalue weighted by atomic mass is 9.93. The van der Waals surface area contributed by atoms with Gasteiger partial charge in [-0.05, 0) is 43.8 Å². The van der Waals surface area contributed by atoms with Crippen LogP contribution in [0.3, 0.4) is 0 Å². The standard InChI is InChI=1S/C16H24N6/c1-21-9-8-18-15(21)12-22(11-13-2-5-19-20-13)14-10-16(14)3-6-17-7-4-16/h2,5,8-9,14,17H,3-4,6-7,10-12H2,1H3,(H,19,20)/t14-/m1/s1. The van der Waals surface area contributed by atoms with Gasteiger partial charge in [-0.3, -0.25) is 10.00 Å². The zero-order chi connectivity index (χ0) is 15.0. The summed E-state index contributed by atoms with van der Waals surface area (Å²) >= 11 is 0. The maximum Gasteiger partial charge on any atom is 0.122 e. The summed E-state index contributed by atoms with van der Waals surface area (Å²) in [6, 6.07) is 2.75. The molecule has 2 aliphatic rings. The fourth-order valence-corrected chi connectivity index (χ4v) is 3.90. The van der Waals surface area contributed by atoms with Gasteiger partial charge in [0.2, 0.25) is 0 Å². The first-order valence-electron chi connectivity index (χ1n) is 8.16. The molecule has 4 rings (SSSR count). The van der Waals surface area contributed by atoms with Crippen molar-refractivity contribution in [3.8, 4) is 0 Å². The number of rotatable bonds is 5. The number of piperidine rings is 1. The zero-order valence-corrected chi connectivity index (χ0v) is 13.1. The van der Waals surface area contributed by atoms with E-state index in [-0.39, 0.29) is 0 Å². The summed E-state index contributed by atoms with van der Waals surface area (Å²) in [7, 11) is 2.07. The van der Waals surface area contributed by atoms with E-state index in [0.717, 1.165) is 32.0 Å². The molecule has 1 aliphatic carbocycles. The van der Waals surface area contributed by atoms with Gasteiger partial charge in [-0.25, -0.2) is 4.98 Å². The van der Waals surface area contributed by atoms with E-state index in [4.69, 9.17) is 0 Å². The van der Waals surface area contributed by atoms with Crippen LogP contribution < -0.4 is 5.32 Å². The molecule has 2 fully saturated rings. The summed E-state index contributed by atoms with van der Waals surface area (Å²) in [6.45, 7) is 4.16. The Bertz CT molecular complexity index is 610. The molecule has 1 saturated heterocycles. The lowest BCUT2D eigenvalue weighted by Gasteiger charge is -2.29. The molecule has 6 nitrogen and oxygen atoms in total. The monoisotopic (exact) mass is 300 g/mol. The van der Waals surface area contributed by atoms with Crippen LogP contribution in [0, 0.1) is 5.41 Å². The number of hydrogen-bond donors (Lipinski definition) is 2. The number of H-pyrrole nitrogens is 1. The first-order chi connectivity index (χ1) is 10.8. The molecule has 0 aromatic carbocycles. The van der Waals surface area contributed by atoms with Crippen molar-refractivity contribution in [2.24, 2.45) is 12.5 Å². The predicted molar refractivity (Wildman–Crippen MR) is 84.0 cm³/mol. The second-order valence-electron chi connectivity index (χ2n) is 6.77. The molecule has 0 radical (unpaired) electrons. The first kappa shape index (κ1) is 14.0. The van der Waals surface area contributed by atoms with Crippen LogP contribution in [0.1, 0.15) is 30.8 Å². The molecule has 2 aromatic heterocycles. The molecule has 3 heterocycles. The van der Waals surface area contributed by atoms with E-state index >= 15 is 0 Å². The van der Waals surface area contributed by atoms with Crippen LogP contribution >= 0.6 is 0 Å². The van der Waals surface area contributed by atoms with Gasteiger partial charge in [0, 0.05) is 43.9 Å². The van der Waals surface area contributed by atoms with Crippen molar-refractivity contribution in [2.75, 3.05) is 13.1 Å². The van der Waals surface area contributed by atoms with E-state index in [1.807, 2.05) is 18.6 Å². The van der Waals surface area contributed by atoms with E-state index in [9.17, 15) is 0 Å². The molecule has 1 saturated carbocycles. The van der Waals surface area contributed by atoms with Gasteiger partial charge in [0.25, 0.3) is 0 Å². The third-order valence-electron chi connectivity index (χ3n) is 5.38. The third kappa shape index (κ3) is 2.57. The Labute approximate surface area is 130 Å². The van der Waals surface area contributed by atoms with E-state index in [2.05, 4.69) is 43.1 Å². The van der Waals surface area contributed by atoms with Gasteiger partial charge in [0.15, 0.2) is 0 Å². The zero-order valence-electron chi connectivity index (χ0n) is 13.1. The summed E-state index contributed by atoms with van der Waals surface area (Å²) in [5.74, 6) is 1.13. The van der Waals surface area contributed by atoms with E-state index < -0.39 is 0 Å². The van der Waals surface area contributed by atoms with Crippen LogP contribution in [-0.4, -0.2) is 43.8 Å². The summed E-state index contributed by atoms with van der Waals surface area (Å²) in [4.78, 5) is 7.10. The van der Waals surface area contributed by atoms with E-state index in [0.29, 0.717) is 11.5 Å². The van der Waals surface area contributed by atoms with Crippen molar-refractivity contribution in [1.29, 1.82) is 0 Å². The Balaban J connectivity index is 1.52. The van der Waals surface area contributed by atoms with Crippen molar-refractivity contribution in [3.63, 3.8) is 0 Å². The molecule has 6 heteroatoms. The number of aromatic amines is 1. The highest BCUT2D eigenvalue weighted by Gasteiger charge is 2.56. The molecule has 2 aromatic rings. The molecular weight excluding hydrogens is 276 g/mol. The summed E-state index contributed by atoms with van der Waals surface area (Å²) in [6.07, 6.45) is 9.68. The molecular formula is C16H24N6. The second-order valence-corrected chi connectivity index (χ2v) is 6.77. The lowest BCUT2D eigenvalue weighted by Crippen LogP contribution is -2.36. The minimum absolute atomic E-state index is 0.538. The van der Waals surface area contributed by atoms with Gasteiger partial charge < -0.3 is 9.88 Å². The molecule has 0 amide bonds. The Morgan fingerprint density at radius 2 is 2.18 bits per heavy atom. The highest BCUT2D eigenvalue weighted by Crippen LogP contribution is 2.56. The fraction of sp³-hybridized carbons (Fsp3) is 0.625. The number of nitrogens with zero attached hydrogens (tertiary/aromatic N) is 4. The Morgan fingerprint density at radius 3 is 2.86 bits per heavy atom. The van der Waals surface area contributed by atoms with Gasteiger partial charge in [-0.1, -0.05) is 0 Å². The Kier molecular flexibility index (Phi) is 3.50.